The zero-order valence-corrected chi connectivity index (χ0v) is 11.5. The van der Waals surface area contributed by atoms with Gasteiger partial charge in [0.1, 0.15) is 0 Å². The van der Waals surface area contributed by atoms with Crippen molar-refractivity contribution in [1.82, 2.24) is 9.97 Å². The van der Waals surface area contributed by atoms with Crippen LogP contribution in [0.4, 0.5) is 5.95 Å². The van der Waals surface area contributed by atoms with E-state index in [0.717, 1.165) is 55.6 Å². The second kappa shape index (κ2) is 4.89. The Labute approximate surface area is 113 Å². The van der Waals surface area contributed by atoms with E-state index in [4.69, 9.17) is 4.74 Å². The average molecular weight is 261 g/mol. The molecule has 3 rings (SSSR count). The van der Waals surface area contributed by atoms with Crippen LogP contribution in [-0.4, -0.2) is 42.1 Å². The van der Waals surface area contributed by atoms with Crippen LogP contribution < -0.4 is 4.90 Å². The molecule has 0 saturated carbocycles. The number of nitrogens with zero attached hydrogens (tertiary/aromatic N) is 3. The van der Waals surface area contributed by atoms with E-state index in [-0.39, 0.29) is 5.78 Å². The number of morpholine rings is 1. The minimum Gasteiger partial charge on any atom is -0.378 e. The molecule has 0 radical (unpaired) electrons. The lowest BCUT2D eigenvalue weighted by Gasteiger charge is -2.29. The van der Waals surface area contributed by atoms with Crippen molar-refractivity contribution in [2.75, 3.05) is 31.2 Å². The van der Waals surface area contributed by atoms with Crippen molar-refractivity contribution in [2.24, 2.45) is 5.92 Å². The van der Waals surface area contributed by atoms with Gasteiger partial charge in [0.2, 0.25) is 5.95 Å². The van der Waals surface area contributed by atoms with Gasteiger partial charge in [-0.15, -0.1) is 0 Å². The Morgan fingerprint density at radius 1 is 1.21 bits per heavy atom. The Morgan fingerprint density at radius 2 is 1.95 bits per heavy atom. The fraction of sp³-hybridized carbons (Fsp3) is 0.643. The van der Waals surface area contributed by atoms with Gasteiger partial charge in [0, 0.05) is 19.5 Å². The van der Waals surface area contributed by atoms with Gasteiger partial charge in [0.15, 0.2) is 5.78 Å². The number of fused-ring (bicyclic) bond motifs is 1. The average Bonchev–Trinajstić information content (AvgIpc) is 2.38. The van der Waals surface area contributed by atoms with Crippen molar-refractivity contribution in [3.05, 3.63) is 17.0 Å². The van der Waals surface area contributed by atoms with Gasteiger partial charge in [-0.25, -0.2) is 9.97 Å². The van der Waals surface area contributed by atoms with Crippen molar-refractivity contribution in [3.8, 4) is 0 Å². The normalized spacial score (nSPS) is 23.4. The number of anilines is 1. The van der Waals surface area contributed by atoms with Crippen molar-refractivity contribution in [2.45, 2.75) is 26.7 Å². The SMILES string of the molecule is Cc1nc(N2CCOCC2)nc2c1C(=O)C[C@@H](C)C2. The number of rotatable bonds is 1. The van der Waals surface area contributed by atoms with Gasteiger partial charge in [-0.05, 0) is 19.3 Å². The number of carbonyl (C=O) groups excluding carboxylic acids is 1. The van der Waals surface area contributed by atoms with E-state index < -0.39 is 0 Å². The van der Waals surface area contributed by atoms with Crippen LogP contribution in [-0.2, 0) is 11.2 Å². The topological polar surface area (TPSA) is 55.3 Å². The Balaban J connectivity index is 1.98. The largest absolute Gasteiger partial charge is 0.378 e. The van der Waals surface area contributed by atoms with Crippen molar-refractivity contribution < 1.29 is 9.53 Å². The van der Waals surface area contributed by atoms with E-state index in [2.05, 4.69) is 21.8 Å². The van der Waals surface area contributed by atoms with Gasteiger partial charge < -0.3 is 9.64 Å². The van der Waals surface area contributed by atoms with E-state index in [0.29, 0.717) is 12.3 Å². The highest BCUT2D eigenvalue weighted by atomic mass is 16.5. The maximum absolute atomic E-state index is 12.1. The van der Waals surface area contributed by atoms with Crippen LogP contribution in [0.25, 0.3) is 0 Å². The van der Waals surface area contributed by atoms with Crippen LogP contribution in [0.2, 0.25) is 0 Å². The fourth-order valence-electron chi connectivity index (χ4n) is 2.85. The lowest BCUT2D eigenvalue weighted by Crippen LogP contribution is -2.38. The fourth-order valence-corrected chi connectivity index (χ4v) is 2.85. The minimum absolute atomic E-state index is 0.194. The minimum atomic E-state index is 0.194. The van der Waals surface area contributed by atoms with Crippen molar-refractivity contribution in [1.29, 1.82) is 0 Å². The standard InChI is InChI=1S/C14H19N3O2/c1-9-7-11-13(12(18)8-9)10(2)15-14(16-11)17-3-5-19-6-4-17/h9H,3-8H2,1-2H3/t9-/m0/s1. The number of aromatic nitrogens is 2. The lowest BCUT2D eigenvalue weighted by atomic mass is 9.86. The number of aryl methyl sites for hydroxylation is 1. The molecular formula is C14H19N3O2. The van der Waals surface area contributed by atoms with Crippen LogP contribution >= 0.6 is 0 Å². The number of carbonyl (C=O) groups is 1. The molecule has 2 aliphatic rings. The molecule has 0 amide bonds. The molecule has 5 nitrogen and oxygen atoms in total. The summed E-state index contributed by atoms with van der Waals surface area (Å²) in [7, 11) is 0. The van der Waals surface area contributed by atoms with Crippen LogP contribution in [0.3, 0.4) is 0 Å². The molecule has 1 atom stereocenters. The maximum atomic E-state index is 12.1. The van der Waals surface area contributed by atoms with E-state index in [1.807, 2.05) is 6.92 Å². The molecule has 1 aromatic rings. The third-order valence-corrected chi connectivity index (χ3v) is 3.80. The Morgan fingerprint density at radius 3 is 2.68 bits per heavy atom. The first-order valence-electron chi connectivity index (χ1n) is 6.88. The molecule has 1 saturated heterocycles. The van der Waals surface area contributed by atoms with Gasteiger partial charge in [-0.3, -0.25) is 4.79 Å². The smallest absolute Gasteiger partial charge is 0.225 e. The molecule has 19 heavy (non-hydrogen) atoms. The van der Waals surface area contributed by atoms with Gasteiger partial charge >= 0.3 is 0 Å². The van der Waals surface area contributed by atoms with Crippen LogP contribution in [0, 0.1) is 12.8 Å². The Kier molecular flexibility index (Phi) is 3.22. The van der Waals surface area contributed by atoms with E-state index in [1.54, 1.807) is 0 Å². The van der Waals surface area contributed by atoms with Gasteiger partial charge in [0.05, 0.1) is 30.2 Å². The molecule has 0 spiro atoms. The number of hydrogen-bond donors (Lipinski definition) is 0. The Bertz CT molecular complexity index is 510. The second-order valence-corrected chi connectivity index (χ2v) is 5.47. The lowest BCUT2D eigenvalue weighted by molar-refractivity contribution is 0.0950. The first-order valence-corrected chi connectivity index (χ1v) is 6.88. The highest BCUT2D eigenvalue weighted by molar-refractivity contribution is 5.99. The summed E-state index contributed by atoms with van der Waals surface area (Å²) in [5.74, 6) is 1.33. The predicted octanol–water partition coefficient (Wildman–Crippen LogP) is 1.39. The quantitative estimate of drug-likeness (QED) is 0.764. The highest BCUT2D eigenvalue weighted by Crippen LogP contribution is 2.27. The number of ketones is 1. The molecule has 102 valence electrons. The van der Waals surface area contributed by atoms with E-state index in [9.17, 15) is 4.79 Å². The molecule has 0 aromatic carbocycles. The highest BCUT2D eigenvalue weighted by Gasteiger charge is 2.27. The molecular weight excluding hydrogens is 242 g/mol. The number of ether oxygens (including phenoxy) is 1. The number of Topliss-reactive ketones (excluding diaryl/α,β-unsaturated/α-hetero) is 1. The Hall–Kier alpha value is -1.49. The summed E-state index contributed by atoms with van der Waals surface area (Å²) < 4.78 is 5.35. The molecule has 1 aliphatic carbocycles. The van der Waals surface area contributed by atoms with E-state index in [1.165, 1.54) is 0 Å². The molecule has 0 N–H and O–H groups in total. The van der Waals surface area contributed by atoms with E-state index >= 15 is 0 Å². The molecule has 0 unspecified atom stereocenters. The molecule has 5 heteroatoms. The summed E-state index contributed by atoms with van der Waals surface area (Å²) in [6, 6.07) is 0. The zero-order chi connectivity index (χ0) is 13.4. The summed E-state index contributed by atoms with van der Waals surface area (Å²) in [6.45, 7) is 7.10. The summed E-state index contributed by atoms with van der Waals surface area (Å²) in [5.41, 5.74) is 2.51. The molecule has 1 aliphatic heterocycles. The van der Waals surface area contributed by atoms with Gasteiger partial charge in [0.25, 0.3) is 0 Å². The summed E-state index contributed by atoms with van der Waals surface area (Å²) in [6.07, 6.45) is 1.50. The third-order valence-electron chi connectivity index (χ3n) is 3.80. The monoisotopic (exact) mass is 261 g/mol. The summed E-state index contributed by atoms with van der Waals surface area (Å²) >= 11 is 0. The molecule has 0 bridgehead atoms. The third kappa shape index (κ3) is 2.34. The van der Waals surface area contributed by atoms with Crippen LogP contribution in [0.1, 0.15) is 35.1 Å². The van der Waals surface area contributed by atoms with Crippen molar-refractivity contribution >= 4 is 11.7 Å². The van der Waals surface area contributed by atoms with Gasteiger partial charge in [-0.2, -0.15) is 0 Å². The van der Waals surface area contributed by atoms with Crippen molar-refractivity contribution in [3.63, 3.8) is 0 Å². The maximum Gasteiger partial charge on any atom is 0.225 e. The first kappa shape index (κ1) is 12.5. The summed E-state index contributed by atoms with van der Waals surface area (Å²) in [4.78, 5) is 23.4. The molecule has 1 fully saturated rings. The second-order valence-electron chi connectivity index (χ2n) is 5.47. The predicted molar refractivity (Wildman–Crippen MR) is 71.6 cm³/mol. The molecule has 2 heterocycles. The van der Waals surface area contributed by atoms with Crippen LogP contribution in [0.15, 0.2) is 0 Å². The zero-order valence-electron chi connectivity index (χ0n) is 11.5. The number of hydrogen-bond acceptors (Lipinski definition) is 5. The van der Waals surface area contributed by atoms with Crippen LogP contribution in [0.5, 0.6) is 0 Å². The van der Waals surface area contributed by atoms with Gasteiger partial charge in [-0.1, -0.05) is 6.92 Å². The first-order chi connectivity index (χ1) is 9.15. The molecule has 1 aromatic heterocycles. The summed E-state index contributed by atoms with van der Waals surface area (Å²) in [5, 5.41) is 0.